The van der Waals surface area contributed by atoms with E-state index in [9.17, 15) is 4.79 Å². The molecule has 1 atom stereocenters. The van der Waals surface area contributed by atoms with Crippen LogP contribution in [0.4, 0.5) is 17.6 Å². The number of anilines is 3. The molecule has 0 bridgehead atoms. The number of amides is 1. The number of benzene rings is 1. The average molecular weight is 457 g/mol. The molecule has 1 aliphatic rings. The van der Waals surface area contributed by atoms with Crippen LogP contribution in [0.2, 0.25) is 10.0 Å². The van der Waals surface area contributed by atoms with Crippen molar-refractivity contribution in [2.45, 2.75) is 17.3 Å². The fourth-order valence-corrected chi connectivity index (χ4v) is 3.57. The molecule has 156 valence electrons. The number of carbonyl (C=O) groups excluding carboxylic acids is 1. The van der Waals surface area contributed by atoms with E-state index in [0.29, 0.717) is 59.1 Å². The minimum Gasteiger partial charge on any atom is -0.378 e. The van der Waals surface area contributed by atoms with Gasteiger partial charge in [-0.15, -0.1) is 0 Å². The summed E-state index contributed by atoms with van der Waals surface area (Å²) in [6.45, 7) is 4.50. The van der Waals surface area contributed by atoms with Gasteiger partial charge < -0.3 is 19.9 Å². The fourth-order valence-electron chi connectivity index (χ4n) is 2.52. The van der Waals surface area contributed by atoms with Crippen LogP contribution in [0.3, 0.4) is 0 Å². The second kappa shape index (κ2) is 9.80. The van der Waals surface area contributed by atoms with Crippen LogP contribution >= 0.6 is 35.0 Å². The molecule has 2 heterocycles. The van der Waals surface area contributed by atoms with E-state index in [4.69, 9.17) is 27.9 Å². The Hall–Kier alpha value is -1.81. The molecule has 1 aromatic carbocycles. The first-order valence-corrected chi connectivity index (χ1v) is 10.7. The van der Waals surface area contributed by atoms with Crippen LogP contribution in [0.25, 0.3) is 0 Å². The van der Waals surface area contributed by atoms with E-state index in [-0.39, 0.29) is 5.91 Å². The number of carbonyl (C=O) groups is 1. The zero-order valence-electron chi connectivity index (χ0n) is 16.4. The number of thioether (sulfide) groups is 1. The van der Waals surface area contributed by atoms with Gasteiger partial charge in [0.1, 0.15) is 0 Å². The van der Waals surface area contributed by atoms with Gasteiger partial charge in [-0.3, -0.25) is 4.79 Å². The molecular formula is C18H22Cl2N6O2S. The maximum Gasteiger partial charge on any atom is 0.237 e. The fraction of sp³-hybridized carbons (Fsp3) is 0.444. The van der Waals surface area contributed by atoms with Gasteiger partial charge in [-0.25, -0.2) is 0 Å². The maximum absolute atomic E-state index is 12.6. The number of morpholine rings is 1. The van der Waals surface area contributed by atoms with Gasteiger partial charge in [0.05, 0.1) is 28.5 Å². The topological polar surface area (TPSA) is 83.5 Å². The number of hydrogen-bond donors (Lipinski definition) is 1. The maximum atomic E-state index is 12.6. The summed E-state index contributed by atoms with van der Waals surface area (Å²) in [6, 6.07) is 4.96. The Balaban J connectivity index is 1.73. The SMILES string of the molecule is C[C@@H](Sc1nc(N(C)C)nc(N2CCOCC2)n1)C(=O)Nc1ccc(Cl)c(Cl)c1. The van der Waals surface area contributed by atoms with E-state index in [1.54, 1.807) is 25.1 Å². The molecule has 29 heavy (non-hydrogen) atoms. The van der Waals surface area contributed by atoms with E-state index in [1.807, 2.05) is 19.0 Å². The lowest BCUT2D eigenvalue weighted by molar-refractivity contribution is -0.115. The molecule has 0 aliphatic carbocycles. The van der Waals surface area contributed by atoms with Crippen molar-refractivity contribution in [2.24, 2.45) is 0 Å². The molecule has 8 nitrogen and oxygen atoms in total. The van der Waals surface area contributed by atoms with Crippen LogP contribution in [0.5, 0.6) is 0 Å². The Labute approximate surface area is 184 Å². The smallest absolute Gasteiger partial charge is 0.237 e. The van der Waals surface area contributed by atoms with Crippen molar-refractivity contribution in [1.29, 1.82) is 0 Å². The van der Waals surface area contributed by atoms with E-state index in [1.165, 1.54) is 11.8 Å². The lowest BCUT2D eigenvalue weighted by Gasteiger charge is -2.27. The summed E-state index contributed by atoms with van der Waals surface area (Å²) >= 11 is 13.2. The van der Waals surface area contributed by atoms with Crippen LogP contribution < -0.4 is 15.1 Å². The number of hydrogen-bond acceptors (Lipinski definition) is 8. The third-order valence-electron chi connectivity index (χ3n) is 4.12. The van der Waals surface area contributed by atoms with Gasteiger partial charge in [0.25, 0.3) is 0 Å². The molecule has 3 rings (SSSR count). The highest BCUT2D eigenvalue weighted by atomic mass is 35.5. The number of nitrogens with zero attached hydrogens (tertiary/aromatic N) is 5. The van der Waals surface area contributed by atoms with E-state index < -0.39 is 5.25 Å². The first-order chi connectivity index (χ1) is 13.8. The van der Waals surface area contributed by atoms with Gasteiger partial charge in [0, 0.05) is 32.9 Å². The highest BCUT2D eigenvalue weighted by Crippen LogP contribution is 2.27. The third-order valence-corrected chi connectivity index (χ3v) is 5.82. The summed E-state index contributed by atoms with van der Waals surface area (Å²) in [4.78, 5) is 30.0. The molecule has 0 unspecified atom stereocenters. The van der Waals surface area contributed by atoms with Crippen molar-refractivity contribution >= 4 is 58.5 Å². The summed E-state index contributed by atoms with van der Waals surface area (Å²) in [6.07, 6.45) is 0. The Kier molecular flexibility index (Phi) is 7.39. The van der Waals surface area contributed by atoms with E-state index in [0.717, 1.165) is 0 Å². The summed E-state index contributed by atoms with van der Waals surface area (Å²) < 4.78 is 5.40. The first kappa shape index (κ1) is 21.9. The molecule has 1 N–H and O–H groups in total. The first-order valence-electron chi connectivity index (χ1n) is 9.02. The van der Waals surface area contributed by atoms with Crippen LogP contribution in [0.15, 0.2) is 23.4 Å². The minimum atomic E-state index is -0.431. The van der Waals surface area contributed by atoms with Crippen LogP contribution in [0, 0.1) is 0 Å². The molecule has 1 aromatic heterocycles. The monoisotopic (exact) mass is 456 g/mol. The van der Waals surface area contributed by atoms with Gasteiger partial charge in [0.2, 0.25) is 17.8 Å². The van der Waals surface area contributed by atoms with Crippen molar-refractivity contribution < 1.29 is 9.53 Å². The van der Waals surface area contributed by atoms with Gasteiger partial charge in [-0.2, -0.15) is 15.0 Å². The lowest BCUT2D eigenvalue weighted by Crippen LogP contribution is -2.37. The molecule has 1 saturated heterocycles. The Bertz CT molecular complexity index is 879. The van der Waals surface area contributed by atoms with Crippen molar-refractivity contribution in [3.63, 3.8) is 0 Å². The number of nitrogens with one attached hydrogen (secondary N) is 1. The van der Waals surface area contributed by atoms with Gasteiger partial charge in [-0.1, -0.05) is 35.0 Å². The Morgan fingerprint density at radius 2 is 1.93 bits per heavy atom. The lowest BCUT2D eigenvalue weighted by atomic mass is 10.3. The van der Waals surface area contributed by atoms with Crippen molar-refractivity contribution in [3.05, 3.63) is 28.2 Å². The average Bonchev–Trinajstić information content (AvgIpc) is 2.71. The third kappa shape index (κ3) is 5.85. The van der Waals surface area contributed by atoms with Gasteiger partial charge in [-0.05, 0) is 25.1 Å². The van der Waals surface area contributed by atoms with Crippen LogP contribution in [-0.2, 0) is 9.53 Å². The molecule has 0 radical (unpaired) electrons. The largest absolute Gasteiger partial charge is 0.378 e. The van der Waals surface area contributed by atoms with Crippen molar-refractivity contribution in [2.75, 3.05) is 55.5 Å². The number of aromatic nitrogens is 3. The second-order valence-electron chi connectivity index (χ2n) is 6.59. The normalized spacial score (nSPS) is 15.1. The molecule has 2 aromatic rings. The van der Waals surface area contributed by atoms with E-state index in [2.05, 4.69) is 25.2 Å². The van der Waals surface area contributed by atoms with Crippen LogP contribution in [-0.4, -0.2) is 66.5 Å². The summed E-state index contributed by atoms with van der Waals surface area (Å²) in [5.41, 5.74) is 0.579. The van der Waals surface area contributed by atoms with Crippen molar-refractivity contribution in [3.8, 4) is 0 Å². The molecule has 11 heteroatoms. The molecular weight excluding hydrogens is 435 g/mol. The zero-order valence-corrected chi connectivity index (χ0v) is 18.7. The second-order valence-corrected chi connectivity index (χ2v) is 8.71. The molecule has 1 fully saturated rings. The summed E-state index contributed by atoms with van der Waals surface area (Å²) in [5.74, 6) is 0.945. The molecule has 1 amide bonds. The Morgan fingerprint density at radius 3 is 2.59 bits per heavy atom. The number of halogens is 2. The van der Waals surface area contributed by atoms with E-state index >= 15 is 0 Å². The molecule has 1 aliphatic heterocycles. The standard InChI is InChI=1S/C18H22Cl2N6O2S/c1-11(15(27)21-12-4-5-13(19)14(20)10-12)29-18-23-16(25(2)3)22-17(24-18)26-6-8-28-9-7-26/h4-5,10-11H,6-9H2,1-3H3,(H,21,27)/t11-/m1/s1. The Morgan fingerprint density at radius 1 is 1.21 bits per heavy atom. The predicted molar refractivity (Wildman–Crippen MR) is 118 cm³/mol. The molecule has 0 saturated carbocycles. The highest BCUT2D eigenvalue weighted by Gasteiger charge is 2.21. The summed E-state index contributed by atoms with van der Waals surface area (Å²) in [5, 5.41) is 3.71. The van der Waals surface area contributed by atoms with Gasteiger partial charge >= 0.3 is 0 Å². The number of ether oxygens (including phenoxy) is 1. The van der Waals surface area contributed by atoms with Crippen LogP contribution in [0.1, 0.15) is 6.92 Å². The zero-order chi connectivity index (χ0) is 21.0. The molecule has 0 spiro atoms. The highest BCUT2D eigenvalue weighted by molar-refractivity contribution is 8.00. The number of rotatable bonds is 6. The summed E-state index contributed by atoms with van der Waals surface area (Å²) in [7, 11) is 3.74. The minimum absolute atomic E-state index is 0.187. The van der Waals surface area contributed by atoms with Gasteiger partial charge in [0.15, 0.2) is 5.16 Å². The van der Waals surface area contributed by atoms with Crippen molar-refractivity contribution in [1.82, 2.24) is 15.0 Å². The quantitative estimate of drug-likeness (QED) is 0.663. The predicted octanol–water partition coefficient (Wildman–Crippen LogP) is 3.20.